The van der Waals surface area contributed by atoms with Crippen LogP contribution in [0.3, 0.4) is 0 Å². The third-order valence-corrected chi connectivity index (χ3v) is 5.26. The van der Waals surface area contributed by atoms with Crippen molar-refractivity contribution >= 4 is 18.1 Å². The number of fused-ring (bicyclic) bond motifs is 1. The maximum absolute atomic E-state index is 12.5. The van der Waals surface area contributed by atoms with Crippen LogP contribution in [-0.2, 0) is 11.2 Å². The number of amidine groups is 1. The molecule has 1 fully saturated rings. The SMILES string of the molecule is C[C@@H]1CN=C2C=C(N3CCN(C(=O)CCc4ccccc4)CC3)N=CN21. The number of aryl methyl sites for hydroxylation is 1. The number of carbonyl (C=O) groups excluding carboxylic acids is 1. The van der Waals surface area contributed by atoms with Crippen molar-refractivity contribution in [3.63, 3.8) is 0 Å². The molecule has 0 radical (unpaired) electrons. The number of hydrogen-bond donors (Lipinski definition) is 0. The molecule has 4 rings (SSSR count). The number of piperazine rings is 1. The van der Waals surface area contributed by atoms with Gasteiger partial charge in [-0.2, -0.15) is 0 Å². The van der Waals surface area contributed by atoms with E-state index in [4.69, 9.17) is 0 Å². The van der Waals surface area contributed by atoms with E-state index in [0.29, 0.717) is 12.5 Å². The Morgan fingerprint density at radius 2 is 1.92 bits per heavy atom. The molecule has 1 atom stereocenters. The van der Waals surface area contributed by atoms with Crippen LogP contribution in [0.15, 0.2) is 52.2 Å². The average Bonchev–Trinajstić information content (AvgIpc) is 3.07. The van der Waals surface area contributed by atoms with Gasteiger partial charge in [0.25, 0.3) is 0 Å². The normalized spacial score (nSPS) is 22.2. The van der Waals surface area contributed by atoms with Gasteiger partial charge in [-0.25, -0.2) is 4.99 Å². The van der Waals surface area contributed by atoms with Crippen LogP contribution in [0.5, 0.6) is 0 Å². The lowest BCUT2D eigenvalue weighted by atomic mass is 10.1. The molecule has 6 nitrogen and oxygen atoms in total. The summed E-state index contributed by atoms with van der Waals surface area (Å²) in [5.41, 5.74) is 1.22. The second-order valence-corrected chi connectivity index (χ2v) is 7.06. The lowest BCUT2D eigenvalue weighted by Gasteiger charge is -2.37. The third kappa shape index (κ3) is 3.49. The highest BCUT2D eigenvalue weighted by atomic mass is 16.2. The molecular weight excluding hydrogens is 326 g/mol. The molecule has 1 aromatic rings. The first-order chi connectivity index (χ1) is 12.7. The van der Waals surface area contributed by atoms with Crippen LogP contribution in [0.25, 0.3) is 0 Å². The molecule has 0 spiro atoms. The molecule has 26 heavy (non-hydrogen) atoms. The van der Waals surface area contributed by atoms with Crippen molar-refractivity contribution in [2.24, 2.45) is 9.98 Å². The van der Waals surface area contributed by atoms with Crippen LogP contribution >= 0.6 is 0 Å². The fourth-order valence-corrected chi connectivity index (χ4v) is 3.60. The number of amides is 1. The molecule has 0 bridgehead atoms. The van der Waals surface area contributed by atoms with Gasteiger partial charge in [0.1, 0.15) is 11.7 Å². The standard InChI is InChI=1S/C20H25N5O/c1-16-14-21-19-13-18(22-15-25(16)19)23-9-11-24(12-10-23)20(26)8-7-17-5-3-2-4-6-17/h2-6,13,15-16H,7-12,14H2,1H3/t16-/m1/s1. The van der Waals surface area contributed by atoms with Crippen LogP contribution in [0, 0.1) is 0 Å². The maximum Gasteiger partial charge on any atom is 0.223 e. The number of carbonyl (C=O) groups is 1. The van der Waals surface area contributed by atoms with Crippen molar-refractivity contribution < 1.29 is 4.79 Å². The first kappa shape index (κ1) is 16.8. The molecule has 1 amide bonds. The van der Waals surface area contributed by atoms with Crippen LogP contribution in [0.4, 0.5) is 0 Å². The molecule has 0 unspecified atom stereocenters. The zero-order chi connectivity index (χ0) is 17.9. The highest BCUT2D eigenvalue weighted by molar-refractivity contribution is 6.03. The van der Waals surface area contributed by atoms with Crippen LogP contribution in [-0.4, -0.2) is 71.5 Å². The predicted octanol–water partition coefficient (Wildman–Crippen LogP) is 1.75. The molecule has 0 N–H and O–H groups in total. The number of benzene rings is 1. The molecule has 0 aliphatic carbocycles. The predicted molar refractivity (Wildman–Crippen MR) is 103 cm³/mol. The second-order valence-electron chi connectivity index (χ2n) is 7.06. The van der Waals surface area contributed by atoms with Gasteiger partial charge in [-0.15, -0.1) is 0 Å². The van der Waals surface area contributed by atoms with E-state index in [2.05, 4.69) is 44.9 Å². The van der Waals surface area contributed by atoms with Crippen molar-refractivity contribution in [2.75, 3.05) is 32.7 Å². The van der Waals surface area contributed by atoms with E-state index >= 15 is 0 Å². The fraction of sp³-hybridized carbons (Fsp3) is 0.450. The molecule has 6 heteroatoms. The van der Waals surface area contributed by atoms with E-state index in [1.54, 1.807) is 0 Å². The Hall–Kier alpha value is -2.63. The summed E-state index contributed by atoms with van der Waals surface area (Å²) in [4.78, 5) is 28.0. The van der Waals surface area contributed by atoms with Crippen LogP contribution in [0.1, 0.15) is 18.9 Å². The molecule has 0 aromatic heterocycles. The van der Waals surface area contributed by atoms with E-state index in [1.807, 2.05) is 29.4 Å². The minimum atomic E-state index is 0.245. The largest absolute Gasteiger partial charge is 0.353 e. The molecule has 136 valence electrons. The minimum Gasteiger partial charge on any atom is -0.353 e. The van der Waals surface area contributed by atoms with E-state index in [9.17, 15) is 4.79 Å². The monoisotopic (exact) mass is 351 g/mol. The van der Waals surface area contributed by atoms with Crippen LogP contribution < -0.4 is 0 Å². The Morgan fingerprint density at radius 3 is 2.69 bits per heavy atom. The Labute approximate surface area is 154 Å². The fourth-order valence-electron chi connectivity index (χ4n) is 3.60. The van der Waals surface area contributed by atoms with E-state index < -0.39 is 0 Å². The van der Waals surface area contributed by atoms with Gasteiger partial charge in [0.15, 0.2) is 0 Å². The van der Waals surface area contributed by atoms with Gasteiger partial charge in [0, 0.05) is 38.7 Å². The Kier molecular flexibility index (Phi) is 4.73. The molecule has 1 saturated heterocycles. The smallest absolute Gasteiger partial charge is 0.223 e. The number of hydrogen-bond acceptors (Lipinski definition) is 5. The summed E-state index contributed by atoms with van der Waals surface area (Å²) in [6.07, 6.45) is 5.34. The molecule has 1 aromatic carbocycles. The topological polar surface area (TPSA) is 51.5 Å². The molecular formula is C20H25N5O. The number of nitrogens with zero attached hydrogens (tertiary/aromatic N) is 5. The van der Waals surface area contributed by atoms with Crippen molar-refractivity contribution in [1.29, 1.82) is 0 Å². The quantitative estimate of drug-likeness (QED) is 0.830. The molecule has 3 heterocycles. The Balaban J connectivity index is 1.28. The van der Waals surface area contributed by atoms with E-state index in [0.717, 1.165) is 50.8 Å². The minimum absolute atomic E-state index is 0.245. The number of rotatable bonds is 4. The van der Waals surface area contributed by atoms with Gasteiger partial charge < -0.3 is 14.7 Å². The Morgan fingerprint density at radius 1 is 1.15 bits per heavy atom. The highest BCUT2D eigenvalue weighted by Crippen LogP contribution is 2.19. The summed E-state index contributed by atoms with van der Waals surface area (Å²) >= 11 is 0. The summed E-state index contributed by atoms with van der Waals surface area (Å²) in [6, 6.07) is 10.6. The van der Waals surface area contributed by atoms with Gasteiger partial charge in [-0.05, 0) is 18.9 Å². The van der Waals surface area contributed by atoms with Crippen LogP contribution in [0.2, 0.25) is 0 Å². The Bertz CT molecular complexity index is 747. The second kappa shape index (κ2) is 7.32. The van der Waals surface area contributed by atoms with Crippen molar-refractivity contribution in [1.82, 2.24) is 14.7 Å². The molecule has 3 aliphatic rings. The third-order valence-electron chi connectivity index (χ3n) is 5.26. The van der Waals surface area contributed by atoms with Crippen molar-refractivity contribution in [2.45, 2.75) is 25.8 Å². The summed E-state index contributed by atoms with van der Waals surface area (Å²) < 4.78 is 0. The van der Waals surface area contributed by atoms with Gasteiger partial charge in [-0.3, -0.25) is 9.79 Å². The van der Waals surface area contributed by atoms with Gasteiger partial charge in [0.2, 0.25) is 5.91 Å². The highest BCUT2D eigenvalue weighted by Gasteiger charge is 2.27. The maximum atomic E-state index is 12.5. The summed E-state index contributed by atoms with van der Waals surface area (Å²) in [6.45, 7) is 6.14. The lowest BCUT2D eigenvalue weighted by Crippen LogP contribution is -2.48. The van der Waals surface area contributed by atoms with Crippen molar-refractivity contribution in [3.05, 3.63) is 47.8 Å². The zero-order valence-corrected chi connectivity index (χ0v) is 15.2. The first-order valence-electron chi connectivity index (χ1n) is 9.36. The summed E-state index contributed by atoms with van der Waals surface area (Å²) in [7, 11) is 0. The number of aliphatic imine (C=N–C) groups is 2. The van der Waals surface area contributed by atoms with E-state index in [-0.39, 0.29) is 5.91 Å². The van der Waals surface area contributed by atoms with Gasteiger partial charge in [-0.1, -0.05) is 30.3 Å². The van der Waals surface area contributed by atoms with E-state index in [1.165, 1.54) is 5.56 Å². The van der Waals surface area contributed by atoms with Crippen molar-refractivity contribution in [3.8, 4) is 0 Å². The summed E-state index contributed by atoms with van der Waals surface area (Å²) in [5.74, 6) is 2.21. The zero-order valence-electron chi connectivity index (χ0n) is 15.2. The summed E-state index contributed by atoms with van der Waals surface area (Å²) in [5, 5.41) is 0. The van der Waals surface area contributed by atoms with Gasteiger partial charge >= 0.3 is 0 Å². The average molecular weight is 351 g/mol. The molecule has 0 saturated carbocycles. The van der Waals surface area contributed by atoms with Gasteiger partial charge in [0.05, 0.1) is 18.9 Å². The lowest BCUT2D eigenvalue weighted by molar-refractivity contribution is -0.132. The molecule has 3 aliphatic heterocycles. The first-order valence-corrected chi connectivity index (χ1v) is 9.36.